The van der Waals surface area contributed by atoms with E-state index in [1.54, 1.807) is 30.3 Å². The molecule has 3 amide bonds. The van der Waals surface area contributed by atoms with Gasteiger partial charge in [-0.25, -0.2) is 0 Å². The summed E-state index contributed by atoms with van der Waals surface area (Å²) in [4.78, 5) is 42.3. The molecule has 1 heterocycles. The molecule has 2 aromatic rings. The Morgan fingerprint density at radius 3 is 2.06 bits per heavy atom. The minimum atomic E-state index is -1.09. The fraction of sp³-hybridized carbons (Fsp3) is 0.348. The molecule has 0 bridgehead atoms. The zero-order valence-electron chi connectivity index (χ0n) is 18.5. The lowest BCUT2D eigenvalue weighted by Gasteiger charge is -2.29. The first-order valence-electron chi connectivity index (χ1n) is 10.3. The van der Waals surface area contributed by atoms with Crippen molar-refractivity contribution in [3.8, 4) is 11.5 Å². The molecule has 0 saturated carbocycles. The van der Waals surface area contributed by atoms with Crippen LogP contribution in [0.1, 0.15) is 26.3 Å². The molecule has 32 heavy (non-hydrogen) atoms. The standard InChI is InChI=1S/C23H28N4O5/c1-15-4-6-16(7-5-15)22(29)26-12-13-27(21(26)20(28)25-11-10-24)23(30)17-8-9-18(31-2)19(14-17)32-3/h4-9,14,21H,10-13,24H2,1-3H3,(H,25,28). The summed E-state index contributed by atoms with van der Waals surface area (Å²) in [7, 11) is 2.99. The van der Waals surface area contributed by atoms with E-state index in [9.17, 15) is 14.4 Å². The van der Waals surface area contributed by atoms with Gasteiger partial charge in [-0.3, -0.25) is 14.4 Å². The molecule has 1 aliphatic heterocycles. The Bertz CT molecular complexity index is 992. The van der Waals surface area contributed by atoms with Crippen molar-refractivity contribution >= 4 is 17.7 Å². The van der Waals surface area contributed by atoms with Gasteiger partial charge in [-0.1, -0.05) is 17.7 Å². The van der Waals surface area contributed by atoms with Crippen molar-refractivity contribution in [3.05, 3.63) is 59.2 Å². The van der Waals surface area contributed by atoms with Crippen LogP contribution in [-0.4, -0.2) is 74.1 Å². The average Bonchev–Trinajstić information content (AvgIpc) is 3.26. The number of aryl methyl sites for hydroxylation is 1. The Hall–Kier alpha value is -3.59. The largest absolute Gasteiger partial charge is 0.493 e. The molecule has 1 unspecified atom stereocenters. The van der Waals surface area contributed by atoms with Gasteiger partial charge < -0.3 is 30.3 Å². The fourth-order valence-corrected chi connectivity index (χ4v) is 3.62. The SMILES string of the molecule is COc1ccc(C(=O)N2CCN(C(=O)c3ccc(C)cc3)C2C(=O)NCCN)cc1OC. The van der Waals surface area contributed by atoms with E-state index in [0.717, 1.165) is 5.56 Å². The normalized spacial score (nSPS) is 15.4. The summed E-state index contributed by atoms with van der Waals surface area (Å²) >= 11 is 0. The minimum Gasteiger partial charge on any atom is -0.493 e. The Morgan fingerprint density at radius 2 is 1.50 bits per heavy atom. The molecule has 9 nitrogen and oxygen atoms in total. The zero-order valence-corrected chi connectivity index (χ0v) is 18.5. The van der Waals surface area contributed by atoms with E-state index in [4.69, 9.17) is 15.2 Å². The monoisotopic (exact) mass is 440 g/mol. The second kappa shape index (κ2) is 10.1. The third kappa shape index (κ3) is 4.67. The van der Waals surface area contributed by atoms with E-state index in [0.29, 0.717) is 22.6 Å². The van der Waals surface area contributed by atoms with E-state index in [2.05, 4.69) is 5.32 Å². The van der Waals surface area contributed by atoms with Crippen LogP contribution in [-0.2, 0) is 4.79 Å². The minimum absolute atomic E-state index is 0.214. The number of carbonyl (C=O) groups is 3. The number of carbonyl (C=O) groups excluding carboxylic acids is 3. The van der Waals surface area contributed by atoms with Crippen LogP contribution in [0, 0.1) is 6.92 Å². The summed E-state index contributed by atoms with van der Waals surface area (Å²) in [5, 5.41) is 2.70. The maximum atomic E-state index is 13.3. The van der Waals surface area contributed by atoms with Crippen LogP contribution >= 0.6 is 0 Å². The topological polar surface area (TPSA) is 114 Å². The number of benzene rings is 2. The van der Waals surface area contributed by atoms with E-state index in [1.807, 2.05) is 19.1 Å². The predicted molar refractivity (Wildman–Crippen MR) is 119 cm³/mol. The number of nitrogens with one attached hydrogen (secondary N) is 1. The van der Waals surface area contributed by atoms with Crippen LogP contribution in [0.3, 0.4) is 0 Å². The highest BCUT2D eigenvalue weighted by Crippen LogP contribution is 2.29. The van der Waals surface area contributed by atoms with Gasteiger partial charge in [0.05, 0.1) is 14.2 Å². The Balaban J connectivity index is 1.92. The molecule has 1 atom stereocenters. The molecule has 3 N–H and O–H groups in total. The van der Waals surface area contributed by atoms with Gasteiger partial charge in [0.15, 0.2) is 17.7 Å². The second-order valence-electron chi connectivity index (χ2n) is 7.39. The summed E-state index contributed by atoms with van der Waals surface area (Å²) in [6, 6.07) is 11.9. The van der Waals surface area contributed by atoms with E-state index in [1.165, 1.54) is 24.0 Å². The van der Waals surface area contributed by atoms with Crippen LogP contribution in [0.2, 0.25) is 0 Å². The van der Waals surface area contributed by atoms with Crippen LogP contribution in [0.15, 0.2) is 42.5 Å². The highest BCUT2D eigenvalue weighted by atomic mass is 16.5. The molecule has 2 aromatic carbocycles. The van der Waals surface area contributed by atoms with Crippen molar-refractivity contribution in [2.45, 2.75) is 13.1 Å². The molecule has 1 aliphatic rings. The van der Waals surface area contributed by atoms with Crippen molar-refractivity contribution in [1.82, 2.24) is 15.1 Å². The molecule has 9 heteroatoms. The summed E-state index contributed by atoms with van der Waals surface area (Å²) in [5.41, 5.74) is 7.31. The van der Waals surface area contributed by atoms with Gasteiger partial charge in [0.25, 0.3) is 17.7 Å². The number of ether oxygens (including phenoxy) is 2. The average molecular weight is 441 g/mol. The molecule has 170 valence electrons. The number of rotatable bonds is 7. The first-order chi connectivity index (χ1) is 15.4. The Labute approximate surface area is 187 Å². The molecule has 0 spiro atoms. The third-order valence-electron chi connectivity index (χ3n) is 5.30. The van der Waals surface area contributed by atoms with Crippen molar-refractivity contribution in [3.63, 3.8) is 0 Å². The summed E-state index contributed by atoms with van der Waals surface area (Å²) in [5.74, 6) is -0.283. The van der Waals surface area contributed by atoms with Gasteiger partial charge in [0, 0.05) is 37.3 Å². The lowest BCUT2D eigenvalue weighted by Crippen LogP contribution is -2.54. The number of nitrogens with zero attached hydrogens (tertiary/aromatic N) is 2. The first-order valence-corrected chi connectivity index (χ1v) is 10.3. The fourth-order valence-electron chi connectivity index (χ4n) is 3.62. The van der Waals surface area contributed by atoms with Gasteiger partial charge in [-0.2, -0.15) is 0 Å². The van der Waals surface area contributed by atoms with Crippen molar-refractivity contribution in [1.29, 1.82) is 0 Å². The Kier molecular flexibility index (Phi) is 7.32. The number of hydrogen-bond acceptors (Lipinski definition) is 6. The molecule has 3 rings (SSSR count). The molecule has 0 aromatic heterocycles. The lowest BCUT2D eigenvalue weighted by atomic mass is 10.1. The predicted octanol–water partition coefficient (Wildman–Crippen LogP) is 1.01. The molecule has 0 radical (unpaired) electrons. The van der Waals surface area contributed by atoms with Crippen LogP contribution in [0.25, 0.3) is 0 Å². The van der Waals surface area contributed by atoms with Crippen molar-refractivity contribution < 1.29 is 23.9 Å². The number of methoxy groups -OCH3 is 2. The quantitative estimate of drug-likeness (QED) is 0.664. The summed E-state index contributed by atoms with van der Waals surface area (Å²) in [6.45, 7) is 2.85. The highest BCUT2D eigenvalue weighted by Gasteiger charge is 2.43. The molecule has 1 fully saturated rings. The number of hydrogen-bond donors (Lipinski definition) is 2. The van der Waals surface area contributed by atoms with Gasteiger partial charge >= 0.3 is 0 Å². The van der Waals surface area contributed by atoms with E-state index in [-0.39, 0.29) is 32.1 Å². The lowest BCUT2D eigenvalue weighted by molar-refractivity contribution is -0.128. The second-order valence-corrected chi connectivity index (χ2v) is 7.39. The van der Waals surface area contributed by atoms with E-state index < -0.39 is 18.0 Å². The zero-order chi connectivity index (χ0) is 23.3. The summed E-state index contributed by atoms with van der Waals surface area (Å²) in [6.07, 6.45) is -1.09. The number of nitrogens with two attached hydrogens (primary N) is 1. The van der Waals surface area contributed by atoms with Crippen LogP contribution in [0.5, 0.6) is 11.5 Å². The third-order valence-corrected chi connectivity index (χ3v) is 5.30. The molecule has 0 aliphatic carbocycles. The molecular weight excluding hydrogens is 412 g/mol. The van der Waals surface area contributed by atoms with Crippen LogP contribution < -0.4 is 20.5 Å². The maximum Gasteiger partial charge on any atom is 0.263 e. The molecule has 1 saturated heterocycles. The smallest absolute Gasteiger partial charge is 0.263 e. The first kappa shape index (κ1) is 23.1. The highest BCUT2D eigenvalue weighted by molar-refractivity contribution is 6.02. The van der Waals surface area contributed by atoms with Crippen molar-refractivity contribution in [2.75, 3.05) is 40.4 Å². The van der Waals surface area contributed by atoms with Gasteiger partial charge in [-0.05, 0) is 37.3 Å². The van der Waals surface area contributed by atoms with Gasteiger partial charge in [0.2, 0.25) is 0 Å². The van der Waals surface area contributed by atoms with Gasteiger partial charge in [0.1, 0.15) is 0 Å². The molecular formula is C23H28N4O5. The van der Waals surface area contributed by atoms with Crippen LogP contribution in [0.4, 0.5) is 0 Å². The Morgan fingerprint density at radius 1 is 0.938 bits per heavy atom. The maximum absolute atomic E-state index is 13.3. The summed E-state index contributed by atoms with van der Waals surface area (Å²) < 4.78 is 10.5. The van der Waals surface area contributed by atoms with Crippen molar-refractivity contribution in [2.24, 2.45) is 5.73 Å². The van der Waals surface area contributed by atoms with Gasteiger partial charge in [-0.15, -0.1) is 0 Å². The van der Waals surface area contributed by atoms with E-state index >= 15 is 0 Å². The number of amides is 3.